The number of nitrogens with one attached hydrogen (secondary N) is 2. The van der Waals surface area contributed by atoms with Crippen LogP contribution in [0.15, 0.2) is 12.5 Å². The maximum Gasteiger partial charge on any atom is 0.328 e. The van der Waals surface area contributed by atoms with E-state index in [9.17, 15) is 9.59 Å². The number of ether oxygens (including phenoxy) is 1. The number of rotatable bonds is 5. The zero-order valence-electron chi connectivity index (χ0n) is 9.32. The van der Waals surface area contributed by atoms with E-state index in [4.69, 9.17) is 0 Å². The van der Waals surface area contributed by atoms with Crippen LogP contribution in [0.2, 0.25) is 0 Å². The van der Waals surface area contributed by atoms with Crippen LogP contribution in [0.3, 0.4) is 0 Å². The molecule has 0 spiro atoms. The van der Waals surface area contributed by atoms with Crippen molar-refractivity contribution < 1.29 is 14.3 Å². The van der Waals surface area contributed by atoms with Gasteiger partial charge in [0.25, 0.3) is 0 Å². The number of hydrogen-bond donors (Lipinski definition) is 2. The highest BCUT2D eigenvalue weighted by Gasteiger charge is 2.21. The van der Waals surface area contributed by atoms with Crippen molar-refractivity contribution in [1.82, 2.24) is 15.3 Å². The number of carbonyl (C=O) groups is 2. The fraction of sp³-hybridized carbons (Fsp3) is 0.500. The molecule has 0 bridgehead atoms. The van der Waals surface area contributed by atoms with E-state index >= 15 is 0 Å². The first-order valence-electron chi connectivity index (χ1n) is 5.01. The van der Waals surface area contributed by atoms with Crippen LogP contribution in [0.1, 0.15) is 19.0 Å². The lowest BCUT2D eigenvalue weighted by Crippen LogP contribution is -2.42. The van der Waals surface area contributed by atoms with Gasteiger partial charge in [0.15, 0.2) is 0 Å². The molecule has 1 unspecified atom stereocenters. The Bertz CT molecular complexity index is 348. The van der Waals surface area contributed by atoms with Gasteiger partial charge in [0, 0.05) is 24.7 Å². The van der Waals surface area contributed by atoms with Crippen LogP contribution in [0.25, 0.3) is 0 Å². The summed E-state index contributed by atoms with van der Waals surface area (Å²) in [5.41, 5.74) is 0.770. The van der Waals surface area contributed by atoms with Crippen LogP contribution in [0.4, 0.5) is 0 Å². The van der Waals surface area contributed by atoms with Crippen LogP contribution in [-0.4, -0.2) is 35.0 Å². The molecule has 0 aliphatic heterocycles. The average Bonchev–Trinajstić information content (AvgIpc) is 2.79. The van der Waals surface area contributed by atoms with Gasteiger partial charge >= 0.3 is 5.97 Å². The van der Waals surface area contributed by atoms with Crippen molar-refractivity contribution >= 4 is 11.9 Å². The number of imidazole rings is 1. The van der Waals surface area contributed by atoms with Gasteiger partial charge < -0.3 is 15.0 Å². The Morgan fingerprint density at radius 2 is 2.38 bits per heavy atom. The van der Waals surface area contributed by atoms with E-state index in [2.05, 4.69) is 20.0 Å². The Kier molecular flexibility index (Phi) is 4.50. The summed E-state index contributed by atoms with van der Waals surface area (Å²) in [5, 5.41) is 2.59. The van der Waals surface area contributed by atoms with Crippen molar-refractivity contribution in [2.24, 2.45) is 0 Å². The summed E-state index contributed by atoms with van der Waals surface area (Å²) >= 11 is 0. The smallest absolute Gasteiger partial charge is 0.328 e. The molecule has 6 nitrogen and oxygen atoms in total. The molecule has 1 amide bonds. The first-order valence-corrected chi connectivity index (χ1v) is 5.01. The number of aromatic nitrogens is 2. The second kappa shape index (κ2) is 5.89. The van der Waals surface area contributed by atoms with Gasteiger partial charge in [-0.3, -0.25) is 4.79 Å². The van der Waals surface area contributed by atoms with Gasteiger partial charge in [-0.25, -0.2) is 9.78 Å². The standard InChI is InChI=1S/C10H15N3O3/c1-3-9(14)13-8(10(15)16-2)4-7-5-11-6-12-7/h5-6,8H,3-4H2,1-2H3,(H,11,12)(H,13,14). The summed E-state index contributed by atoms with van der Waals surface area (Å²) in [7, 11) is 1.29. The molecule has 0 aliphatic carbocycles. The fourth-order valence-corrected chi connectivity index (χ4v) is 1.25. The third kappa shape index (κ3) is 3.38. The normalized spacial score (nSPS) is 11.9. The van der Waals surface area contributed by atoms with E-state index < -0.39 is 12.0 Å². The van der Waals surface area contributed by atoms with Crippen molar-refractivity contribution in [2.75, 3.05) is 7.11 Å². The van der Waals surface area contributed by atoms with Gasteiger partial charge in [0.1, 0.15) is 6.04 Å². The van der Waals surface area contributed by atoms with Crippen molar-refractivity contribution in [3.05, 3.63) is 18.2 Å². The Hall–Kier alpha value is -1.85. The summed E-state index contributed by atoms with van der Waals surface area (Å²) in [6.45, 7) is 1.72. The van der Waals surface area contributed by atoms with Gasteiger partial charge in [-0.05, 0) is 0 Å². The molecule has 0 saturated heterocycles. The SMILES string of the molecule is CCC(=O)NC(Cc1cnc[nH]1)C(=O)OC. The zero-order chi connectivity index (χ0) is 12.0. The van der Waals surface area contributed by atoms with Crippen molar-refractivity contribution in [2.45, 2.75) is 25.8 Å². The lowest BCUT2D eigenvalue weighted by molar-refractivity contribution is -0.145. The van der Waals surface area contributed by atoms with Crippen LogP contribution >= 0.6 is 0 Å². The lowest BCUT2D eigenvalue weighted by Gasteiger charge is -2.14. The summed E-state index contributed by atoms with van der Waals surface area (Å²) in [6, 6.07) is -0.669. The van der Waals surface area contributed by atoms with Gasteiger partial charge in [-0.1, -0.05) is 6.92 Å². The van der Waals surface area contributed by atoms with E-state index in [0.29, 0.717) is 12.8 Å². The second-order valence-corrected chi connectivity index (χ2v) is 3.28. The van der Waals surface area contributed by atoms with Gasteiger partial charge in [-0.2, -0.15) is 0 Å². The second-order valence-electron chi connectivity index (χ2n) is 3.28. The quantitative estimate of drug-likeness (QED) is 0.692. The largest absolute Gasteiger partial charge is 0.467 e. The molecule has 1 aromatic rings. The van der Waals surface area contributed by atoms with Gasteiger partial charge in [-0.15, -0.1) is 0 Å². The van der Waals surface area contributed by atoms with Crippen LogP contribution in [-0.2, 0) is 20.7 Å². The maximum absolute atomic E-state index is 11.4. The van der Waals surface area contributed by atoms with E-state index in [-0.39, 0.29) is 5.91 Å². The molecule has 1 aromatic heterocycles. The van der Waals surface area contributed by atoms with Crippen LogP contribution in [0.5, 0.6) is 0 Å². The molecule has 1 rings (SSSR count). The highest BCUT2D eigenvalue weighted by molar-refractivity contribution is 5.84. The van der Waals surface area contributed by atoms with E-state index in [1.807, 2.05) is 0 Å². The van der Waals surface area contributed by atoms with Crippen molar-refractivity contribution in [3.8, 4) is 0 Å². The molecule has 1 heterocycles. The highest BCUT2D eigenvalue weighted by Crippen LogP contribution is 2.00. The number of aromatic amines is 1. The third-order valence-corrected chi connectivity index (χ3v) is 2.12. The van der Waals surface area contributed by atoms with Crippen molar-refractivity contribution in [3.63, 3.8) is 0 Å². The molecule has 0 radical (unpaired) electrons. The Balaban J connectivity index is 2.64. The predicted molar refractivity (Wildman–Crippen MR) is 56.5 cm³/mol. The number of nitrogens with zero attached hydrogens (tertiary/aromatic N) is 1. The van der Waals surface area contributed by atoms with Crippen molar-refractivity contribution in [1.29, 1.82) is 0 Å². The minimum absolute atomic E-state index is 0.185. The summed E-state index contributed by atoms with van der Waals surface area (Å²) < 4.78 is 4.62. The number of hydrogen-bond acceptors (Lipinski definition) is 4. The van der Waals surface area contributed by atoms with E-state index in [1.165, 1.54) is 13.4 Å². The topological polar surface area (TPSA) is 84.1 Å². The number of H-pyrrole nitrogens is 1. The van der Waals surface area contributed by atoms with Crippen LogP contribution < -0.4 is 5.32 Å². The molecule has 6 heteroatoms. The molecule has 0 fully saturated rings. The Labute approximate surface area is 93.4 Å². The fourth-order valence-electron chi connectivity index (χ4n) is 1.25. The van der Waals surface area contributed by atoms with Crippen LogP contribution in [0, 0.1) is 0 Å². The molecule has 0 saturated carbocycles. The Morgan fingerprint density at radius 3 is 2.88 bits per heavy atom. The molecular weight excluding hydrogens is 210 g/mol. The number of esters is 1. The Morgan fingerprint density at radius 1 is 1.62 bits per heavy atom. The monoisotopic (exact) mass is 225 g/mol. The summed E-state index contributed by atoms with van der Waals surface area (Å²) in [6.07, 6.45) is 3.80. The summed E-state index contributed by atoms with van der Waals surface area (Å²) in [4.78, 5) is 29.4. The molecule has 0 aromatic carbocycles. The number of amides is 1. The minimum Gasteiger partial charge on any atom is -0.467 e. The first kappa shape index (κ1) is 12.2. The number of carbonyl (C=O) groups excluding carboxylic acids is 2. The minimum atomic E-state index is -0.669. The molecular formula is C10H15N3O3. The first-order chi connectivity index (χ1) is 7.67. The molecule has 88 valence electrons. The van der Waals surface area contributed by atoms with E-state index in [0.717, 1.165) is 5.69 Å². The lowest BCUT2D eigenvalue weighted by atomic mass is 10.1. The number of methoxy groups -OCH3 is 1. The molecule has 16 heavy (non-hydrogen) atoms. The third-order valence-electron chi connectivity index (χ3n) is 2.12. The predicted octanol–water partition coefficient (Wildman–Crippen LogP) is 0.0200. The van der Waals surface area contributed by atoms with E-state index in [1.54, 1.807) is 13.1 Å². The maximum atomic E-state index is 11.4. The molecule has 1 atom stereocenters. The highest BCUT2D eigenvalue weighted by atomic mass is 16.5. The van der Waals surface area contributed by atoms with Gasteiger partial charge in [0.2, 0.25) is 5.91 Å². The zero-order valence-corrected chi connectivity index (χ0v) is 9.32. The average molecular weight is 225 g/mol. The van der Waals surface area contributed by atoms with Gasteiger partial charge in [0.05, 0.1) is 13.4 Å². The molecule has 0 aliphatic rings. The summed E-state index contributed by atoms with van der Waals surface area (Å²) in [5.74, 6) is -0.647. The molecule has 2 N–H and O–H groups in total.